The normalized spacial score (nSPS) is 28.3. The fourth-order valence-corrected chi connectivity index (χ4v) is 4.01. The number of rotatable bonds is 10. The lowest BCUT2D eigenvalue weighted by molar-refractivity contribution is -0.174. The van der Waals surface area contributed by atoms with E-state index in [1.807, 2.05) is 0 Å². The van der Waals surface area contributed by atoms with Crippen LogP contribution >= 0.6 is 7.82 Å². The van der Waals surface area contributed by atoms with Gasteiger partial charge >= 0.3 is 19.8 Å². The first kappa shape index (κ1) is 32.1. The van der Waals surface area contributed by atoms with E-state index in [-0.39, 0.29) is 0 Å². The molecule has 218 valence electrons. The van der Waals surface area contributed by atoms with Crippen LogP contribution in [0.3, 0.4) is 0 Å². The lowest BCUT2D eigenvalue weighted by Crippen LogP contribution is -2.59. The third-order valence-electron chi connectivity index (χ3n) is 5.40. The van der Waals surface area contributed by atoms with E-state index in [0.717, 1.165) is 11.0 Å². The summed E-state index contributed by atoms with van der Waals surface area (Å²) in [5.74, 6) is -1.92. The van der Waals surface area contributed by atoms with Crippen LogP contribution in [0.15, 0.2) is 12.3 Å². The minimum Gasteiger partial charge on any atom is -0.437 e. The second-order valence-electron chi connectivity index (χ2n) is 10.9. The van der Waals surface area contributed by atoms with E-state index >= 15 is 0 Å². The number of nitrogens with zero attached hydrogens (tertiary/aromatic N) is 1. The Hall–Kier alpha value is -2.10. The molecule has 5 atom stereocenters. The molecule has 0 aromatic rings. The summed E-state index contributed by atoms with van der Waals surface area (Å²) in [4.78, 5) is 36.5. The smallest absolute Gasteiger partial charge is 0.437 e. The van der Waals surface area contributed by atoms with Gasteiger partial charge in [0.05, 0.1) is 17.4 Å². The standard InChI is InChI=1S/C22H37N2O13P/c1-20(2,3)17(27)32-11-35-38(31,36-12-33-18(28)21(4,5)6)34-10-13-15(26)22(7,30)16(37-13)24-9-8-14(25)23-19(24)29/h8-9,13,15-16,19,26,29-30H,10-12H2,1-7H3,(H,23,25)/t13-,15-,16-,19?,22-/m1/s1. The van der Waals surface area contributed by atoms with Gasteiger partial charge in [0.25, 0.3) is 0 Å². The molecule has 0 bridgehead atoms. The second kappa shape index (κ2) is 12.0. The summed E-state index contributed by atoms with van der Waals surface area (Å²) in [6, 6.07) is 0. The summed E-state index contributed by atoms with van der Waals surface area (Å²) < 4.78 is 44.1. The highest BCUT2D eigenvalue weighted by atomic mass is 31.2. The Labute approximate surface area is 220 Å². The Morgan fingerprint density at radius 1 is 1.05 bits per heavy atom. The number of phosphoric acid groups is 1. The SMILES string of the molecule is CC(C)(C)C(=O)OCOP(=O)(OCOC(=O)C(C)(C)C)OC[C@H]1O[C@@H](N2C=CC(=O)NC2O)[C@](C)(O)[C@@H]1O. The Morgan fingerprint density at radius 2 is 1.55 bits per heavy atom. The number of hydrogen-bond donors (Lipinski definition) is 4. The maximum Gasteiger partial charge on any atom is 0.480 e. The van der Waals surface area contributed by atoms with Gasteiger partial charge in [-0.15, -0.1) is 0 Å². The highest BCUT2D eigenvalue weighted by Gasteiger charge is 2.56. The van der Waals surface area contributed by atoms with Crippen molar-refractivity contribution in [3.8, 4) is 0 Å². The largest absolute Gasteiger partial charge is 0.480 e. The fraction of sp³-hybridized carbons (Fsp3) is 0.773. The molecule has 0 aromatic carbocycles. The van der Waals surface area contributed by atoms with E-state index in [1.165, 1.54) is 13.1 Å². The van der Waals surface area contributed by atoms with E-state index in [0.29, 0.717) is 0 Å². The van der Waals surface area contributed by atoms with Gasteiger partial charge in [0, 0.05) is 12.3 Å². The number of amides is 1. The summed E-state index contributed by atoms with van der Waals surface area (Å²) in [6.45, 7) is 8.44. The van der Waals surface area contributed by atoms with Crippen molar-refractivity contribution in [2.45, 2.75) is 78.9 Å². The topological polar surface area (TPSA) is 200 Å². The zero-order chi connectivity index (χ0) is 29.1. The number of carbonyl (C=O) groups excluding carboxylic acids is 3. The summed E-state index contributed by atoms with van der Waals surface area (Å²) in [6.07, 6.45) is -3.64. The zero-order valence-corrected chi connectivity index (χ0v) is 23.3. The van der Waals surface area contributed by atoms with E-state index in [2.05, 4.69) is 5.32 Å². The van der Waals surface area contributed by atoms with Gasteiger partial charge in [-0.2, -0.15) is 0 Å². The van der Waals surface area contributed by atoms with Crippen LogP contribution in [0.1, 0.15) is 48.5 Å². The molecule has 0 spiro atoms. The van der Waals surface area contributed by atoms with Gasteiger partial charge in [-0.1, -0.05) is 0 Å². The van der Waals surface area contributed by atoms with Crippen molar-refractivity contribution < 1.29 is 62.1 Å². The molecular formula is C22H37N2O13P. The lowest BCUT2D eigenvalue weighted by Gasteiger charge is -2.39. The van der Waals surface area contributed by atoms with Crippen LogP contribution in [-0.4, -0.2) is 88.6 Å². The second-order valence-corrected chi connectivity index (χ2v) is 12.6. The Balaban J connectivity index is 2.10. The van der Waals surface area contributed by atoms with Crippen molar-refractivity contribution in [1.29, 1.82) is 0 Å². The van der Waals surface area contributed by atoms with E-state index < -0.39 is 87.1 Å². The van der Waals surface area contributed by atoms with Crippen LogP contribution in [0, 0.1) is 10.8 Å². The predicted molar refractivity (Wildman–Crippen MR) is 127 cm³/mol. The van der Waals surface area contributed by atoms with Crippen LogP contribution < -0.4 is 5.32 Å². The molecule has 2 aliphatic heterocycles. The predicted octanol–water partition coefficient (Wildman–Crippen LogP) is 0.296. The molecule has 2 heterocycles. The van der Waals surface area contributed by atoms with Gasteiger partial charge in [-0.25, -0.2) is 13.6 Å². The van der Waals surface area contributed by atoms with Crippen molar-refractivity contribution in [1.82, 2.24) is 10.2 Å². The first-order valence-electron chi connectivity index (χ1n) is 11.7. The molecule has 0 saturated carbocycles. The highest BCUT2D eigenvalue weighted by Crippen LogP contribution is 2.50. The van der Waals surface area contributed by atoms with Crippen LogP contribution in [0.4, 0.5) is 0 Å². The van der Waals surface area contributed by atoms with E-state index in [4.69, 9.17) is 27.8 Å². The third kappa shape index (κ3) is 8.20. The average Bonchev–Trinajstić information content (AvgIpc) is 3.00. The number of hydrogen-bond acceptors (Lipinski definition) is 14. The molecule has 16 heteroatoms. The van der Waals surface area contributed by atoms with Gasteiger partial charge in [-0.05, 0) is 48.5 Å². The van der Waals surface area contributed by atoms with Crippen molar-refractivity contribution in [3.05, 3.63) is 12.3 Å². The van der Waals surface area contributed by atoms with Gasteiger partial charge < -0.3 is 39.7 Å². The number of nitrogens with one attached hydrogen (secondary N) is 1. The molecule has 1 saturated heterocycles. The minimum atomic E-state index is -4.59. The van der Waals surface area contributed by atoms with Crippen molar-refractivity contribution in [2.75, 3.05) is 20.2 Å². The maximum absolute atomic E-state index is 13.2. The Bertz CT molecular complexity index is 920. The average molecular weight is 569 g/mol. The van der Waals surface area contributed by atoms with Crippen LogP contribution in [0.5, 0.6) is 0 Å². The molecule has 0 aromatic heterocycles. The van der Waals surface area contributed by atoms with Gasteiger partial charge in [-0.3, -0.25) is 18.9 Å². The number of phosphoric ester groups is 1. The van der Waals surface area contributed by atoms with Crippen LogP contribution in [0.25, 0.3) is 0 Å². The summed E-state index contributed by atoms with van der Waals surface area (Å²) in [7, 11) is -4.59. The maximum atomic E-state index is 13.2. The molecule has 4 N–H and O–H groups in total. The molecule has 1 fully saturated rings. The third-order valence-corrected chi connectivity index (χ3v) is 6.71. The molecule has 38 heavy (non-hydrogen) atoms. The zero-order valence-electron chi connectivity index (χ0n) is 22.4. The van der Waals surface area contributed by atoms with Crippen molar-refractivity contribution >= 4 is 25.7 Å². The highest BCUT2D eigenvalue weighted by molar-refractivity contribution is 7.48. The molecule has 2 aliphatic rings. The van der Waals surface area contributed by atoms with E-state index in [9.17, 15) is 34.3 Å². The summed E-state index contributed by atoms with van der Waals surface area (Å²) in [5.41, 5.74) is -3.75. The first-order chi connectivity index (χ1) is 17.3. The van der Waals surface area contributed by atoms with E-state index in [1.54, 1.807) is 41.5 Å². The van der Waals surface area contributed by atoms with Gasteiger partial charge in [0.2, 0.25) is 25.8 Å². The molecule has 15 nitrogen and oxygen atoms in total. The summed E-state index contributed by atoms with van der Waals surface area (Å²) in [5, 5.41) is 33.8. The molecule has 2 rings (SSSR count). The summed E-state index contributed by atoms with van der Waals surface area (Å²) >= 11 is 0. The molecular weight excluding hydrogens is 531 g/mol. The van der Waals surface area contributed by atoms with Gasteiger partial charge in [0.15, 0.2) is 6.23 Å². The van der Waals surface area contributed by atoms with Crippen LogP contribution in [0.2, 0.25) is 0 Å². The lowest BCUT2D eigenvalue weighted by atomic mass is 9.96. The van der Waals surface area contributed by atoms with Crippen molar-refractivity contribution in [2.24, 2.45) is 10.8 Å². The first-order valence-corrected chi connectivity index (χ1v) is 13.1. The number of esters is 2. The minimum absolute atomic E-state index is 0.582. The fourth-order valence-electron chi connectivity index (χ4n) is 3.09. The molecule has 1 amide bonds. The Morgan fingerprint density at radius 3 is 2.00 bits per heavy atom. The van der Waals surface area contributed by atoms with Crippen LogP contribution in [-0.2, 0) is 46.7 Å². The number of carbonyl (C=O) groups is 3. The molecule has 1 unspecified atom stereocenters. The molecule has 0 radical (unpaired) electrons. The number of aliphatic hydroxyl groups excluding tert-OH is 2. The number of aliphatic hydroxyl groups is 3. The number of ether oxygens (including phenoxy) is 3. The van der Waals surface area contributed by atoms with Crippen molar-refractivity contribution in [3.63, 3.8) is 0 Å². The molecule has 0 aliphatic carbocycles. The Kier molecular flexibility index (Phi) is 10.1. The van der Waals surface area contributed by atoms with Gasteiger partial charge in [0.1, 0.15) is 17.8 Å². The quantitative estimate of drug-likeness (QED) is 0.159. The monoisotopic (exact) mass is 568 g/mol.